The van der Waals surface area contributed by atoms with Gasteiger partial charge in [0.25, 0.3) is 15.9 Å². The Balaban J connectivity index is 1.77. The largest absolute Gasteiger partial charge is 0.497 e. The number of hydrogen-bond acceptors (Lipinski definition) is 9. The number of anilines is 2. The number of benzene rings is 3. The van der Waals surface area contributed by atoms with Crippen molar-refractivity contribution in [2.24, 2.45) is 0 Å². The molecule has 13 heteroatoms. The first-order valence-electron chi connectivity index (χ1n) is 12.3. The number of para-hydroxylation sites is 1. The topological polar surface area (TPSA) is 151 Å². The second-order valence-corrected chi connectivity index (χ2v) is 11.0. The third-order valence-electron chi connectivity index (χ3n) is 5.93. The van der Waals surface area contributed by atoms with Crippen LogP contribution < -0.4 is 19.8 Å². The molecule has 3 aromatic carbocycles. The molecule has 0 aliphatic carbocycles. The Kier molecular flexibility index (Phi) is 9.55. The summed E-state index contributed by atoms with van der Waals surface area (Å²) >= 11 is 4.32. The summed E-state index contributed by atoms with van der Waals surface area (Å²) in [4.78, 5) is 33.8. The predicted octanol–water partition coefficient (Wildman–Crippen LogP) is 3.86. The van der Waals surface area contributed by atoms with Gasteiger partial charge >= 0.3 is 0 Å². The van der Waals surface area contributed by atoms with Crippen molar-refractivity contribution in [3.8, 4) is 5.75 Å². The number of nitrogens with one attached hydrogen (secondary N) is 2. The minimum atomic E-state index is -4.33. The van der Waals surface area contributed by atoms with Gasteiger partial charge in [0.05, 0.1) is 18.6 Å². The molecule has 0 spiro atoms. The maximum absolute atomic E-state index is 14.0. The molecule has 2 amide bonds. The third-order valence-corrected chi connectivity index (χ3v) is 8.01. The summed E-state index contributed by atoms with van der Waals surface area (Å²) in [7, 11) is -2.87. The molecule has 0 aliphatic rings. The summed E-state index contributed by atoms with van der Waals surface area (Å²) in [6, 6.07) is 23.3. The summed E-state index contributed by atoms with van der Waals surface area (Å²) in [6.07, 6.45) is -0.0149. The fourth-order valence-corrected chi connectivity index (χ4v) is 5.63. The van der Waals surface area contributed by atoms with E-state index in [0.29, 0.717) is 17.0 Å². The van der Waals surface area contributed by atoms with Gasteiger partial charge in [0.1, 0.15) is 22.2 Å². The van der Waals surface area contributed by atoms with E-state index in [-0.39, 0.29) is 52.4 Å². The van der Waals surface area contributed by atoms with Crippen molar-refractivity contribution in [1.82, 2.24) is 15.4 Å². The van der Waals surface area contributed by atoms with E-state index >= 15 is 0 Å². The van der Waals surface area contributed by atoms with E-state index in [1.54, 1.807) is 54.6 Å². The van der Waals surface area contributed by atoms with Crippen LogP contribution in [0.5, 0.6) is 5.75 Å². The van der Waals surface area contributed by atoms with Crippen LogP contribution >= 0.6 is 12.6 Å². The number of hydroxylamine groups is 1. The number of aryl methyl sites for hydroxylation is 1. The van der Waals surface area contributed by atoms with Crippen molar-refractivity contribution in [1.29, 1.82) is 0 Å². The quantitative estimate of drug-likeness (QED) is 0.0886. The van der Waals surface area contributed by atoms with Crippen molar-refractivity contribution < 1.29 is 28.0 Å². The van der Waals surface area contributed by atoms with Crippen molar-refractivity contribution in [3.05, 3.63) is 102 Å². The normalized spacial score (nSPS) is 11.0. The lowest BCUT2D eigenvalue weighted by Crippen LogP contribution is -2.35. The number of ether oxygens (including phenoxy) is 1. The van der Waals surface area contributed by atoms with Crippen LogP contribution in [0.2, 0.25) is 0 Å². The zero-order chi connectivity index (χ0) is 29.4. The number of carbonyl (C=O) groups is 2. The summed E-state index contributed by atoms with van der Waals surface area (Å²) in [5, 5.41) is 12.0. The van der Waals surface area contributed by atoms with Crippen molar-refractivity contribution >= 4 is 46.0 Å². The standard InChI is InChI=1S/C28H27N5O6S2/c1-39-21-12-14-22(15-13-21)41(37,38)33(18-19-8-4-2-5-9-19)26-25(27(35)32-36)28(40)31-23(30-26)16-17-24(34)29-20-10-6-3-7-11-20/h2-15,36H,16-18H2,1H3,(H,29,34)(H,32,35)(H,30,31,40). The monoisotopic (exact) mass is 593 g/mol. The van der Waals surface area contributed by atoms with Gasteiger partial charge in [-0.3, -0.25) is 14.8 Å². The van der Waals surface area contributed by atoms with E-state index in [4.69, 9.17) is 4.74 Å². The van der Waals surface area contributed by atoms with Gasteiger partial charge in [-0.05, 0) is 42.0 Å². The second kappa shape index (κ2) is 13.3. The van der Waals surface area contributed by atoms with Crippen molar-refractivity contribution in [3.63, 3.8) is 0 Å². The smallest absolute Gasteiger partial charge is 0.281 e. The Morgan fingerprint density at radius 2 is 1.59 bits per heavy atom. The van der Waals surface area contributed by atoms with Gasteiger partial charge in [-0.25, -0.2) is 28.2 Å². The van der Waals surface area contributed by atoms with Crippen LogP contribution in [0.3, 0.4) is 0 Å². The molecule has 0 radical (unpaired) electrons. The van der Waals surface area contributed by atoms with E-state index < -0.39 is 15.9 Å². The average molecular weight is 594 g/mol. The minimum absolute atomic E-state index is 0.0159. The molecule has 0 aliphatic heterocycles. The zero-order valence-electron chi connectivity index (χ0n) is 21.9. The van der Waals surface area contributed by atoms with E-state index in [1.807, 2.05) is 6.07 Å². The molecular formula is C28H27N5O6S2. The molecule has 4 aromatic rings. The molecule has 0 unspecified atom stereocenters. The number of sulfonamides is 1. The van der Waals surface area contributed by atoms with Crippen LogP contribution in [0.25, 0.3) is 0 Å². The first-order valence-corrected chi connectivity index (χ1v) is 14.2. The SMILES string of the molecule is COc1ccc(S(=O)(=O)N(Cc2ccccc2)c2nc(CCC(=O)Nc3ccccc3)nc(S)c2C(=O)NO)cc1. The highest BCUT2D eigenvalue weighted by molar-refractivity contribution is 7.92. The Morgan fingerprint density at radius 1 is 0.951 bits per heavy atom. The van der Waals surface area contributed by atoms with Gasteiger partial charge in [0.2, 0.25) is 5.91 Å². The number of thiol groups is 1. The molecule has 0 atom stereocenters. The van der Waals surface area contributed by atoms with Crippen LogP contribution in [0, 0.1) is 0 Å². The van der Waals surface area contributed by atoms with Crippen LogP contribution in [0.1, 0.15) is 28.2 Å². The predicted molar refractivity (Wildman–Crippen MR) is 155 cm³/mol. The van der Waals surface area contributed by atoms with E-state index in [9.17, 15) is 23.2 Å². The first kappa shape index (κ1) is 29.5. The maximum Gasteiger partial charge on any atom is 0.281 e. The maximum atomic E-state index is 14.0. The molecule has 0 bridgehead atoms. The molecule has 11 nitrogen and oxygen atoms in total. The fourth-order valence-electron chi connectivity index (χ4n) is 3.90. The first-order chi connectivity index (χ1) is 19.7. The van der Waals surface area contributed by atoms with Crippen LogP contribution in [0.4, 0.5) is 11.5 Å². The molecular weight excluding hydrogens is 566 g/mol. The number of rotatable bonds is 11. The highest BCUT2D eigenvalue weighted by Gasteiger charge is 2.32. The van der Waals surface area contributed by atoms with Crippen molar-refractivity contribution in [2.45, 2.75) is 29.3 Å². The summed E-state index contributed by atoms with van der Waals surface area (Å²) in [6.45, 7) is -0.209. The van der Waals surface area contributed by atoms with E-state index in [2.05, 4.69) is 27.9 Å². The van der Waals surface area contributed by atoms with Crippen LogP contribution in [-0.4, -0.2) is 42.5 Å². The average Bonchev–Trinajstić information content (AvgIpc) is 2.99. The van der Waals surface area contributed by atoms with E-state index in [0.717, 1.165) is 4.31 Å². The van der Waals surface area contributed by atoms with Gasteiger partial charge < -0.3 is 10.1 Å². The fraction of sp³-hybridized carbons (Fsp3) is 0.143. The number of carbonyl (C=O) groups excluding carboxylic acids is 2. The van der Waals surface area contributed by atoms with E-state index in [1.165, 1.54) is 36.9 Å². The summed E-state index contributed by atoms with van der Waals surface area (Å²) in [5.74, 6) is -1.15. The molecule has 1 heterocycles. The number of aromatic nitrogens is 2. The molecule has 0 saturated heterocycles. The molecule has 0 saturated carbocycles. The van der Waals surface area contributed by atoms with Gasteiger partial charge in [-0.1, -0.05) is 48.5 Å². The summed E-state index contributed by atoms with van der Waals surface area (Å²) in [5.41, 5.74) is 2.37. The second-order valence-electron chi connectivity index (χ2n) is 8.69. The lowest BCUT2D eigenvalue weighted by atomic mass is 10.2. The van der Waals surface area contributed by atoms with Gasteiger partial charge in [0, 0.05) is 18.5 Å². The van der Waals surface area contributed by atoms with Gasteiger partial charge in [-0.2, -0.15) is 0 Å². The van der Waals surface area contributed by atoms with Gasteiger partial charge in [0.15, 0.2) is 5.82 Å². The lowest BCUT2D eigenvalue weighted by molar-refractivity contribution is -0.116. The lowest BCUT2D eigenvalue weighted by Gasteiger charge is -2.26. The Labute approximate surface area is 242 Å². The Morgan fingerprint density at radius 3 is 2.20 bits per heavy atom. The zero-order valence-corrected chi connectivity index (χ0v) is 23.6. The number of hydrogen-bond donors (Lipinski definition) is 4. The number of nitrogens with zero attached hydrogens (tertiary/aromatic N) is 3. The van der Waals surface area contributed by atoms with Crippen LogP contribution in [-0.2, 0) is 27.8 Å². The molecule has 212 valence electrons. The Hall–Kier alpha value is -4.46. The Bertz CT molecular complexity index is 1620. The highest BCUT2D eigenvalue weighted by atomic mass is 32.2. The molecule has 41 heavy (non-hydrogen) atoms. The van der Waals surface area contributed by atoms with Crippen molar-refractivity contribution in [2.75, 3.05) is 16.7 Å². The number of methoxy groups -OCH3 is 1. The number of amides is 2. The summed E-state index contributed by atoms with van der Waals surface area (Å²) < 4.78 is 34.2. The minimum Gasteiger partial charge on any atom is -0.497 e. The third kappa shape index (κ3) is 7.20. The van der Waals surface area contributed by atoms with Crippen LogP contribution in [0.15, 0.2) is 94.9 Å². The molecule has 1 aromatic heterocycles. The van der Waals surface area contributed by atoms with Gasteiger partial charge in [-0.15, -0.1) is 12.6 Å². The molecule has 3 N–H and O–H groups in total. The molecule has 0 fully saturated rings. The highest BCUT2D eigenvalue weighted by Crippen LogP contribution is 2.31. The molecule has 4 rings (SSSR count).